The van der Waals surface area contributed by atoms with Crippen molar-refractivity contribution in [2.75, 3.05) is 6.61 Å². The van der Waals surface area contributed by atoms with Gasteiger partial charge < -0.3 is 0 Å². The monoisotopic (exact) mass is 308 g/mol. The van der Waals surface area contributed by atoms with Crippen molar-refractivity contribution in [2.45, 2.75) is 56.8 Å². The van der Waals surface area contributed by atoms with E-state index in [4.69, 9.17) is 4.18 Å². The number of hydrogen-bond donors (Lipinski definition) is 0. The minimum absolute atomic E-state index is 0. The second kappa shape index (κ2) is 11.8. The van der Waals surface area contributed by atoms with E-state index in [-0.39, 0.29) is 41.1 Å². The van der Waals surface area contributed by atoms with Crippen LogP contribution in [0.1, 0.15) is 51.9 Å². The summed E-state index contributed by atoms with van der Waals surface area (Å²) >= 11 is 0. The molecule has 5 heteroatoms. The van der Waals surface area contributed by atoms with Gasteiger partial charge in [-0.15, -0.1) is 0 Å². The van der Waals surface area contributed by atoms with E-state index >= 15 is 0 Å². The molecule has 0 aliphatic rings. The SMILES string of the molecule is CCCCCCCCCOS(=O)(=O)c1ccccc1.[NaH]. The third kappa shape index (κ3) is 8.42. The molecular formula is C15H25NaO3S. The Balaban J connectivity index is 0.00000361. The van der Waals surface area contributed by atoms with Gasteiger partial charge in [0, 0.05) is 0 Å². The third-order valence-electron chi connectivity index (χ3n) is 3.02. The van der Waals surface area contributed by atoms with Crippen molar-refractivity contribution < 1.29 is 12.6 Å². The van der Waals surface area contributed by atoms with Gasteiger partial charge in [-0.25, -0.2) is 0 Å². The van der Waals surface area contributed by atoms with Gasteiger partial charge in [0.05, 0.1) is 11.5 Å². The number of rotatable bonds is 10. The second-order valence-electron chi connectivity index (χ2n) is 4.71. The Hall–Kier alpha value is 0.130. The topological polar surface area (TPSA) is 43.4 Å². The van der Waals surface area contributed by atoms with Crippen molar-refractivity contribution in [1.29, 1.82) is 0 Å². The van der Waals surface area contributed by atoms with Crippen molar-refractivity contribution in [2.24, 2.45) is 0 Å². The van der Waals surface area contributed by atoms with Gasteiger partial charge in [-0.1, -0.05) is 63.6 Å². The Kier molecular flexibility index (Phi) is 11.8. The van der Waals surface area contributed by atoms with Gasteiger partial charge in [-0.2, -0.15) is 8.42 Å². The molecule has 0 heterocycles. The van der Waals surface area contributed by atoms with Gasteiger partial charge in [-0.05, 0) is 18.6 Å². The predicted molar refractivity (Wildman–Crippen MR) is 84.7 cm³/mol. The number of unbranched alkanes of at least 4 members (excludes halogenated alkanes) is 6. The van der Waals surface area contributed by atoms with Crippen LogP contribution in [0.2, 0.25) is 0 Å². The summed E-state index contributed by atoms with van der Waals surface area (Å²) in [5.74, 6) is 0. The molecule has 0 unspecified atom stereocenters. The van der Waals surface area contributed by atoms with Crippen LogP contribution < -0.4 is 0 Å². The fourth-order valence-electron chi connectivity index (χ4n) is 1.88. The van der Waals surface area contributed by atoms with Crippen LogP contribution >= 0.6 is 0 Å². The van der Waals surface area contributed by atoms with Gasteiger partial charge in [0.2, 0.25) is 0 Å². The Morgan fingerprint density at radius 2 is 1.45 bits per heavy atom. The van der Waals surface area contributed by atoms with Crippen LogP contribution in [0.3, 0.4) is 0 Å². The molecule has 1 rings (SSSR count). The van der Waals surface area contributed by atoms with Gasteiger partial charge in [0.15, 0.2) is 0 Å². The van der Waals surface area contributed by atoms with Crippen molar-refractivity contribution in [3.8, 4) is 0 Å². The molecule has 0 bridgehead atoms. The molecule has 0 saturated heterocycles. The average molecular weight is 308 g/mol. The Morgan fingerprint density at radius 1 is 0.900 bits per heavy atom. The van der Waals surface area contributed by atoms with Crippen molar-refractivity contribution in [3.05, 3.63) is 30.3 Å². The van der Waals surface area contributed by atoms with Gasteiger partial charge in [-0.3, -0.25) is 4.18 Å². The van der Waals surface area contributed by atoms with E-state index in [2.05, 4.69) is 6.92 Å². The Bertz CT molecular complexity index is 432. The molecule has 0 fully saturated rings. The zero-order valence-corrected chi connectivity index (χ0v) is 12.5. The van der Waals surface area contributed by atoms with E-state index in [9.17, 15) is 8.42 Å². The molecule has 3 nitrogen and oxygen atoms in total. The number of hydrogen-bond acceptors (Lipinski definition) is 3. The molecule has 0 saturated carbocycles. The average Bonchev–Trinajstić information content (AvgIpc) is 2.43. The van der Waals surface area contributed by atoms with E-state index in [0.717, 1.165) is 19.3 Å². The minimum atomic E-state index is -3.56. The second-order valence-corrected chi connectivity index (χ2v) is 6.33. The molecule has 0 radical (unpaired) electrons. The summed E-state index contributed by atoms with van der Waals surface area (Å²) in [4.78, 5) is 0.234. The molecule has 0 aliphatic carbocycles. The van der Waals surface area contributed by atoms with Gasteiger partial charge in [0.1, 0.15) is 0 Å². The first-order valence-electron chi connectivity index (χ1n) is 7.11. The first-order chi connectivity index (χ1) is 9.17. The van der Waals surface area contributed by atoms with Crippen LogP contribution in [-0.2, 0) is 14.3 Å². The van der Waals surface area contributed by atoms with Crippen LogP contribution in [-0.4, -0.2) is 44.6 Å². The summed E-state index contributed by atoms with van der Waals surface area (Å²) in [6, 6.07) is 8.30. The standard InChI is InChI=1S/C15H24O3S.Na.H/c1-2-3-4-5-6-7-11-14-18-19(16,17)15-12-9-8-10-13-15;;/h8-10,12-13H,2-7,11,14H2,1H3;;. The zero-order chi connectivity index (χ0) is 14.0. The molecule has 0 aliphatic heterocycles. The molecule has 0 aromatic heterocycles. The van der Waals surface area contributed by atoms with Crippen LogP contribution in [0.15, 0.2) is 35.2 Å². The summed E-state index contributed by atoms with van der Waals surface area (Å²) in [5.41, 5.74) is 0. The summed E-state index contributed by atoms with van der Waals surface area (Å²) in [5, 5.41) is 0. The molecule has 0 atom stereocenters. The zero-order valence-electron chi connectivity index (χ0n) is 11.7. The molecule has 1 aromatic rings. The van der Waals surface area contributed by atoms with Crippen molar-refractivity contribution in [1.82, 2.24) is 0 Å². The Labute approximate surface area is 145 Å². The van der Waals surface area contributed by atoms with E-state index in [1.165, 1.54) is 25.7 Å². The molecule has 0 amide bonds. The first kappa shape index (κ1) is 20.1. The molecule has 0 N–H and O–H groups in total. The summed E-state index contributed by atoms with van der Waals surface area (Å²) in [6.07, 6.45) is 8.05. The van der Waals surface area contributed by atoms with E-state index in [1.54, 1.807) is 30.3 Å². The first-order valence-corrected chi connectivity index (χ1v) is 8.52. The maximum atomic E-state index is 11.8. The summed E-state index contributed by atoms with van der Waals surface area (Å²) in [6.45, 7) is 2.48. The normalized spacial score (nSPS) is 11.1. The third-order valence-corrected chi connectivity index (χ3v) is 4.34. The summed E-state index contributed by atoms with van der Waals surface area (Å²) in [7, 11) is -3.56. The van der Waals surface area contributed by atoms with Crippen LogP contribution in [0.4, 0.5) is 0 Å². The molecule has 1 aromatic carbocycles. The van der Waals surface area contributed by atoms with Gasteiger partial charge >= 0.3 is 29.6 Å². The van der Waals surface area contributed by atoms with Crippen molar-refractivity contribution >= 4 is 39.7 Å². The van der Waals surface area contributed by atoms with Crippen molar-refractivity contribution in [3.63, 3.8) is 0 Å². The molecule has 110 valence electrons. The van der Waals surface area contributed by atoms with E-state index < -0.39 is 10.1 Å². The van der Waals surface area contributed by atoms with Crippen LogP contribution in [0.25, 0.3) is 0 Å². The quantitative estimate of drug-likeness (QED) is 0.377. The van der Waals surface area contributed by atoms with Crippen LogP contribution in [0.5, 0.6) is 0 Å². The van der Waals surface area contributed by atoms with Gasteiger partial charge in [0.25, 0.3) is 10.1 Å². The number of benzene rings is 1. The Morgan fingerprint density at radius 3 is 2.05 bits per heavy atom. The fraction of sp³-hybridized carbons (Fsp3) is 0.600. The van der Waals surface area contributed by atoms with E-state index in [1.807, 2.05) is 0 Å². The fourth-order valence-corrected chi connectivity index (χ4v) is 2.85. The molecule has 20 heavy (non-hydrogen) atoms. The maximum absolute atomic E-state index is 11.8. The molecular weight excluding hydrogens is 283 g/mol. The predicted octanol–water partition coefficient (Wildman–Crippen LogP) is 3.49. The summed E-state index contributed by atoms with van der Waals surface area (Å²) < 4.78 is 28.6. The van der Waals surface area contributed by atoms with E-state index in [0.29, 0.717) is 0 Å². The molecule has 0 spiro atoms. The van der Waals surface area contributed by atoms with Crippen LogP contribution in [0, 0.1) is 0 Å².